The first-order chi connectivity index (χ1) is 13.6. The maximum absolute atomic E-state index is 12.7. The molecule has 0 aliphatic carbocycles. The number of pyridine rings is 1. The molecule has 28 heavy (non-hydrogen) atoms. The van der Waals surface area contributed by atoms with Crippen LogP contribution in [0, 0.1) is 0 Å². The lowest BCUT2D eigenvalue weighted by molar-refractivity contribution is 0.0350. The molecular formula is C21H21N3O4. The standard InChI is InChI=1S/C21H21N3O4/c1-4-21(5-2)10-17(25)16-9-13(6-7-18(16)27-21)20-23-19(24-28-20)14-8-15(26-3)12-22-11-14/h6-9,11-12H,4-5,10H2,1-3H3. The van der Waals surface area contributed by atoms with Crippen LogP contribution in [0.3, 0.4) is 0 Å². The molecule has 1 aliphatic rings. The second-order valence-electron chi connectivity index (χ2n) is 6.84. The second-order valence-corrected chi connectivity index (χ2v) is 6.84. The van der Waals surface area contributed by atoms with Gasteiger partial charge in [-0.15, -0.1) is 0 Å². The molecule has 0 spiro atoms. The van der Waals surface area contributed by atoms with Crippen LogP contribution in [0.25, 0.3) is 22.8 Å². The molecule has 3 aromatic rings. The highest BCUT2D eigenvalue weighted by Crippen LogP contribution is 2.39. The molecular weight excluding hydrogens is 358 g/mol. The average Bonchev–Trinajstić information content (AvgIpc) is 3.24. The van der Waals surface area contributed by atoms with Crippen molar-refractivity contribution in [1.82, 2.24) is 15.1 Å². The summed E-state index contributed by atoms with van der Waals surface area (Å²) in [5.41, 5.74) is 1.49. The topological polar surface area (TPSA) is 87.3 Å². The van der Waals surface area contributed by atoms with Crippen LogP contribution in [0.2, 0.25) is 0 Å². The Labute approximate surface area is 162 Å². The lowest BCUT2D eigenvalue weighted by atomic mass is 9.85. The van der Waals surface area contributed by atoms with Gasteiger partial charge in [0, 0.05) is 17.3 Å². The molecule has 0 radical (unpaired) electrons. The summed E-state index contributed by atoms with van der Waals surface area (Å²) >= 11 is 0. The van der Waals surface area contributed by atoms with Gasteiger partial charge in [0.25, 0.3) is 5.89 Å². The number of Topliss-reactive ketones (excluding diaryl/α,β-unsaturated/α-hetero) is 1. The summed E-state index contributed by atoms with van der Waals surface area (Å²) in [7, 11) is 1.57. The summed E-state index contributed by atoms with van der Waals surface area (Å²) in [6, 6.07) is 7.17. The van der Waals surface area contributed by atoms with Gasteiger partial charge >= 0.3 is 0 Å². The first-order valence-corrected chi connectivity index (χ1v) is 9.27. The summed E-state index contributed by atoms with van der Waals surface area (Å²) < 4.78 is 16.8. The van der Waals surface area contributed by atoms with E-state index in [1.165, 1.54) is 0 Å². The van der Waals surface area contributed by atoms with E-state index >= 15 is 0 Å². The fourth-order valence-electron chi connectivity index (χ4n) is 3.38. The number of carbonyl (C=O) groups excluding carboxylic acids is 1. The van der Waals surface area contributed by atoms with Crippen molar-refractivity contribution in [3.8, 4) is 34.3 Å². The zero-order valence-electron chi connectivity index (χ0n) is 16.1. The minimum Gasteiger partial charge on any atom is -0.495 e. The van der Waals surface area contributed by atoms with Crippen LogP contribution in [0.1, 0.15) is 43.5 Å². The summed E-state index contributed by atoms with van der Waals surface area (Å²) in [5.74, 6) is 2.02. The number of ketones is 1. The monoisotopic (exact) mass is 379 g/mol. The van der Waals surface area contributed by atoms with Gasteiger partial charge in [0.05, 0.1) is 25.3 Å². The van der Waals surface area contributed by atoms with Crippen molar-refractivity contribution in [2.75, 3.05) is 7.11 Å². The van der Waals surface area contributed by atoms with Crippen molar-refractivity contribution in [1.29, 1.82) is 0 Å². The van der Waals surface area contributed by atoms with Crippen LogP contribution < -0.4 is 9.47 Å². The highest BCUT2D eigenvalue weighted by atomic mass is 16.5. The Balaban J connectivity index is 1.66. The molecule has 1 aliphatic heterocycles. The van der Waals surface area contributed by atoms with E-state index in [4.69, 9.17) is 14.0 Å². The number of carbonyl (C=O) groups is 1. The van der Waals surface area contributed by atoms with E-state index in [9.17, 15) is 4.79 Å². The SMILES string of the molecule is CCC1(CC)CC(=O)c2cc(-c3nc(-c4cncc(OC)c4)no3)ccc2O1. The normalized spacial score (nSPS) is 15.0. The van der Waals surface area contributed by atoms with E-state index in [0.29, 0.717) is 46.3 Å². The maximum atomic E-state index is 12.7. The van der Waals surface area contributed by atoms with E-state index in [2.05, 4.69) is 15.1 Å². The number of hydrogen-bond acceptors (Lipinski definition) is 7. The molecule has 0 N–H and O–H groups in total. The number of nitrogens with zero attached hydrogens (tertiary/aromatic N) is 3. The molecule has 0 unspecified atom stereocenters. The van der Waals surface area contributed by atoms with Gasteiger partial charge in [-0.1, -0.05) is 19.0 Å². The van der Waals surface area contributed by atoms with Crippen molar-refractivity contribution < 1.29 is 18.8 Å². The van der Waals surface area contributed by atoms with Gasteiger partial charge in [-0.3, -0.25) is 9.78 Å². The van der Waals surface area contributed by atoms with E-state index in [-0.39, 0.29) is 5.78 Å². The van der Waals surface area contributed by atoms with Gasteiger partial charge in [-0.25, -0.2) is 0 Å². The molecule has 1 aromatic carbocycles. The minimum atomic E-state index is -0.414. The van der Waals surface area contributed by atoms with Gasteiger partial charge in [-0.2, -0.15) is 4.98 Å². The first-order valence-electron chi connectivity index (χ1n) is 9.27. The van der Waals surface area contributed by atoms with E-state index in [0.717, 1.165) is 12.8 Å². The summed E-state index contributed by atoms with van der Waals surface area (Å²) in [6.45, 7) is 4.09. The quantitative estimate of drug-likeness (QED) is 0.652. The molecule has 0 bridgehead atoms. The van der Waals surface area contributed by atoms with Crippen LogP contribution >= 0.6 is 0 Å². The maximum Gasteiger partial charge on any atom is 0.258 e. The summed E-state index contributed by atoms with van der Waals surface area (Å²) in [4.78, 5) is 21.3. The molecule has 3 heterocycles. The number of benzene rings is 1. The smallest absolute Gasteiger partial charge is 0.258 e. The fourth-order valence-corrected chi connectivity index (χ4v) is 3.38. The summed E-state index contributed by atoms with van der Waals surface area (Å²) in [6.07, 6.45) is 5.19. The van der Waals surface area contributed by atoms with Crippen LogP contribution in [0.4, 0.5) is 0 Å². The molecule has 0 saturated heterocycles. The fraction of sp³-hybridized carbons (Fsp3) is 0.333. The van der Waals surface area contributed by atoms with E-state index in [1.807, 2.05) is 19.9 Å². The Morgan fingerprint density at radius 2 is 1.96 bits per heavy atom. The minimum absolute atomic E-state index is 0.0727. The van der Waals surface area contributed by atoms with Gasteiger partial charge < -0.3 is 14.0 Å². The van der Waals surface area contributed by atoms with E-state index < -0.39 is 5.60 Å². The Kier molecular flexibility index (Phi) is 4.58. The largest absolute Gasteiger partial charge is 0.495 e. The lowest BCUT2D eigenvalue weighted by Gasteiger charge is -2.36. The molecule has 2 aromatic heterocycles. The molecule has 144 valence electrons. The van der Waals surface area contributed by atoms with Crippen LogP contribution in [-0.4, -0.2) is 33.6 Å². The highest BCUT2D eigenvalue weighted by Gasteiger charge is 2.37. The molecule has 0 saturated carbocycles. The predicted octanol–water partition coefficient (Wildman–Crippen LogP) is 4.33. The van der Waals surface area contributed by atoms with Gasteiger partial charge in [-0.05, 0) is 37.1 Å². The molecule has 7 heteroatoms. The Morgan fingerprint density at radius 1 is 1.14 bits per heavy atom. The Hall–Kier alpha value is -3.22. The second kappa shape index (κ2) is 7.07. The predicted molar refractivity (Wildman–Crippen MR) is 102 cm³/mol. The van der Waals surface area contributed by atoms with Crippen molar-refractivity contribution in [3.63, 3.8) is 0 Å². The number of ether oxygens (including phenoxy) is 2. The highest BCUT2D eigenvalue weighted by molar-refractivity contribution is 6.01. The van der Waals surface area contributed by atoms with Crippen molar-refractivity contribution in [2.45, 2.75) is 38.7 Å². The zero-order valence-corrected chi connectivity index (χ0v) is 16.1. The molecule has 7 nitrogen and oxygen atoms in total. The average molecular weight is 379 g/mol. The van der Waals surface area contributed by atoms with E-state index in [1.54, 1.807) is 37.7 Å². The van der Waals surface area contributed by atoms with Gasteiger partial charge in [0.15, 0.2) is 5.78 Å². The third-order valence-corrected chi connectivity index (χ3v) is 5.26. The van der Waals surface area contributed by atoms with Crippen LogP contribution in [-0.2, 0) is 0 Å². The van der Waals surface area contributed by atoms with Gasteiger partial charge in [0.2, 0.25) is 5.82 Å². The lowest BCUT2D eigenvalue weighted by Crippen LogP contribution is -2.40. The molecule has 0 atom stereocenters. The number of fused-ring (bicyclic) bond motifs is 1. The number of rotatable bonds is 5. The molecule has 4 rings (SSSR count). The molecule has 0 amide bonds. The Morgan fingerprint density at radius 3 is 2.71 bits per heavy atom. The van der Waals surface area contributed by atoms with Crippen molar-refractivity contribution in [3.05, 3.63) is 42.2 Å². The first kappa shape index (κ1) is 18.2. The Bertz CT molecular complexity index is 1020. The third-order valence-electron chi connectivity index (χ3n) is 5.26. The molecule has 0 fully saturated rings. The van der Waals surface area contributed by atoms with Crippen LogP contribution in [0.5, 0.6) is 11.5 Å². The third kappa shape index (κ3) is 3.13. The number of hydrogen-bond donors (Lipinski definition) is 0. The van der Waals surface area contributed by atoms with Crippen molar-refractivity contribution in [2.24, 2.45) is 0 Å². The van der Waals surface area contributed by atoms with Crippen molar-refractivity contribution >= 4 is 5.78 Å². The van der Waals surface area contributed by atoms with Crippen LogP contribution in [0.15, 0.2) is 41.2 Å². The van der Waals surface area contributed by atoms with Gasteiger partial charge in [0.1, 0.15) is 17.1 Å². The summed E-state index contributed by atoms with van der Waals surface area (Å²) in [5, 5.41) is 4.02. The zero-order chi connectivity index (χ0) is 19.7. The number of aromatic nitrogens is 3. The number of methoxy groups -OCH3 is 1.